The van der Waals surface area contributed by atoms with Crippen molar-refractivity contribution in [2.24, 2.45) is 5.41 Å². The highest BCUT2D eigenvalue weighted by Crippen LogP contribution is 2.24. The number of amides is 2. The van der Waals surface area contributed by atoms with Crippen LogP contribution >= 0.6 is 0 Å². The molecule has 1 atom stereocenters. The van der Waals surface area contributed by atoms with Crippen LogP contribution in [0.1, 0.15) is 44.2 Å². The van der Waals surface area contributed by atoms with Crippen molar-refractivity contribution in [2.75, 3.05) is 20.2 Å². The van der Waals surface area contributed by atoms with Crippen LogP contribution in [0.25, 0.3) is 0 Å². The lowest BCUT2D eigenvalue weighted by Gasteiger charge is -2.32. The summed E-state index contributed by atoms with van der Waals surface area (Å²) >= 11 is 0. The molecular formula is C19H30N2O2. The number of carbonyl (C=O) groups excluding carboxylic acids is 1. The topological polar surface area (TPSA) is 52.6 Å². The summed E-state index contributed by atoms with van der Waals surface area (Å²) in [5.74, 6) is 0. The fourth-order valence-corrected chi connectivity index (χ4v) is 3.14. The molecule has 1 aliphatic rings. The standard InChI is InChI=1S/C19H30N2O2/c1-19(2,14-22)11-6-12-20-18(23)21(3)17-10-9-15-7-4-5-8-16(15)13-17/h4-5,7-8,17,22H,6,9-14H2,1-3H3,(H,20,23)/t17-/m1/s1. The van der Waals surface area contributed by atoms with E-state index in [4.69, 9.17) is 0 Å². The van der Waals surface area contributed by atoms with Crippen molar-refractivity contribution in [2.45, 2.75) is 52.0 Å². The zero-order valence-corrected chi connectivity index (χ0v) is 14.6. The van der Waals surface area contributed by atoms with E-state index in [1.165, 1.54) is 11.1 Å². The van der Waals surface area contributed by atoms with Crippen LogP contribution in [0, 0.1) is 5.41 Å². The van der Waals surface area contributed by atoms with Gasteiger partial charge in [-0.2, -0.15) is 0 Å². The SMILES string of the molecule is CN(C(=O)NCCCC(C)(C)CO)[C@@H]1CCc2ccccc2C1. The van der Waals surface area contributed by atoms with Gasteiger partial charge in [-0.3, -0.25) is 0 Å². The van der Waals surface area contributed by atoms with Crippen molar-refractivity contribution >= 4 is 6.03 Å². The van der Waals surface area contributed by atoms with Crippen LogP contribution < -0.4 is 5.32 Å². The lowest BCUT2D eigenvalue weighted by molar-refractivity contribution is 0.147. The molecule has 1 aliphatic carbocycles. The van der Waals surface area contributed by atoms with Crippen molar-refractivity contribution in [1.82, 2.24) is 10.2 Å². The lowest BCUT2D eigenvalue weighted by Crippen LogP contribution is -2.46. The Morgan fingerprint density at radius 3 is 2.74 bits per heavy atom. The number of likely N-dealkylation sites (N-methyl/N-ethyl adjacent to an activating group) is 1. The first-order chi connectivity index (χ1) is 10.9. The van der Waals surface area contributed by atoms with Crippen molar-refractivity contribution in [3.8, 4) is 0 Å². The summed E-state index contributed by atoms with van der Waals surface area (Å²) in [6.07, 6.45) is 4.81. The van der Waals surface area contributed by atoms with E-state index in [1.807, 2.05) is 25.8 Å². The maximum atomic E-state index is 12.3. The Hall–Kier alpha value is -1.55. The highest BCUT2D eigenvalue weighted by molar-refractivity contribution is 5.74. The quantitative estimate of drug-likeness (QED) is 0.792. The zero-order chi connectivity index (χ0) is 16.9. The summed E-state index contributed by atoms with van der Waals surface area (Å²) in [7, 11) is 1.89. The summed E-state index contributed by atoms with van der Waals surface area (Å²) in [6, 6.07) is 8.81. The number of aryl methyl sites for hydroxylation is 1. The van der Waals surface area contributed by atoms with Gasteiger partial charge in [-0.25, -0.2) is 4.79 Å². The predicted octanol–water partition coefficient (Wildman–Crippen LogP) is 2.98. The molecule has 1 aromatic carbocycles. The molecule has 0 radical (unpaired) electrons. The Morgan fingerprint density at radius 2 is 2.04 bits per heavy atom. The molecule has 2 amide bonds. The number of aliphatic hydroxyl groups is 1. The van der Waals surface area contributed by atoms with Gasteiger partial charge in [0.2, 0.25) is 0 Å². The second-order valence-corrected chi connectivity index (χ2v) is 7.43. The number of benzene rings is 1. The minimum absolute atomic E-state index is 0.0104. The predicted molar refractivity (Wildman–Crippen MR) is 93.5 cm³/mol. The van der Waals surface area contributed by atoms with E-state index in [2.05, 4.69) is 29.6 Å². The Morgan fingerprint density at radius 1 is 1.35 bits per heavy atom. The van der Waals surface area contributed by atoms with E-state index in [0.29, 0.717) is 6.54 Å². The molecule has 0 aliphatic heterocycles. The number of carbonyl (C=O) groups is 1. The van der Waals surface area contributed by atoms with Gasteiger partial charge in [-0.15, -0.1) is 0 Å². The molecule has 23 heavy (non-hydrogen) atoms. The van der Waals surface area contributed by atoms with Crippen LogP contribution in [0.3, 0.4) is 0 Å². The maximum absolute atomic E-state index is 12.3. The van der Waals surface area contributed by atoms with Gasteiger partial charge in [0.25, 0.3) is 0 Å². The molecule has 4 heteroatoms. The molecule has 1 aromatic rings. The Balaban J connectivity index is 1.77. The molecule has 2 rings (SSSR count). The largest absolute Gasteiger partial charge is 0.396 e. The van der Waals surface area contributed by atoms with Crippen LogP contribution in [0.4, 0.5) is 4.79 Å². The number of nitrogens with zero attached hydrogens (tertiary/aromatic N) is 1. The van der Waals surface area contributed by atoms with Gasteiger partial charge < -0.3 is 15.3 Å². The lowest BCUT2D eigenvalue weighted by atomic mass is 9.88. The van der Waals surface area contributed by atoms with Gasteiger partial charge in [0, 0.05) is 26.2 Å². The number of fused-ring (bicyclic) bond motifs is 1. The molecule has 0 saturated carbocycles. The third-order valence-electron chi connectivity index (χ3n) is 4.92. The first-order valence-electron chi connectivity index (χ1n) is 8.61. The van der Waals surface area contributed by atoms with Gasteiger partial charge in [0.1, 0.15) is 0 Å². The van der Waals surface area contributed by atoms with Crippen molar-refractivity contribution in [3.63, 3.8) is 0 Å². The second-order valence-electron chi connectivity index (χ2n) is 7.43. The highest BCUT2D eigenvalue weighted by Gasteiger charge is 2.24. The molecule has 0 unspecified atom stereocenters. The number of urea groups is 1. The van der Waals surface area contributed by atoms with E-state index in [-0.39, 0.29) is 24.1 Å². The zero-order valence-electron chi connectivity index (χ0n) is 14.6. The van der Waals surface area contributed by atoms with Crippen LogP contribution in [0.5, 0.6) is 0 Å². The molecule has 4 nitrogen and oxygen atoms in total. The monoisotopic (exact) mass is 318 g/mol. The van der Waals surface area contributed by atoms with E-state index < -0.39 is 0 Å². The van der Waals surface area contributed by atoms with E-state index in [9.17, 15) is 9.90 Å². The molecule has 0 aromatic heterocycles. The summed E-state index contributed by atoms with van der Waals surface area (Å²) in [6.45, 7) is 4.93. The number of rotatable bonds is 6. The first kappa shape index (κ1) is 17.8. The summed E-state index contributed by atoms with van der Waals surface area (Å²) in [5.41, 5.74) is 2.72. The highest BCUT2D eigenvalue weighted by atomic mass is 16.3. The molecular weight excluding hydrogens is 288 g/mol. The van der Waals surface area contributed by atoms with Gasteiger partial charge in [0.05, 0.1) is 0 Å². The van der Waals surface area contributed by atoms with E-state index in [1.54, 1.807) is 0 Å². The van der Waals surface area contributed by atoms with Crippen molar-refractivity contribution in [1.29, 1.82) is 0 Å². The van der Waals surface area contributed by atoms with E-state index >= 15 is 0 Å². The van der Waals surface area contributed by atoms with Crippen LogP contribution in [0.2, 0.25) is 0 Å². The Labute approximate surface area is 139 Å². The summed E-state index contributed by atoms with van der Waals surface area (Å²) < 4.78 is 0. The molecule has 0 heterocycles. The van der Waals surface area contributed by atoms with Gasteiger partial charge >= 0.3 is 6.03 Å². The molecule has 2 N–H and O–H groups in total. The molecule has 0 bridgehead atoms. The van der Waals surface area contributed by atoms with E-state index in [0.717, 1.165) is 32.1 Å². The number of aliphatic hydroxyl groups excluding tert-OH is 1. The minimum atomic E-state index is -0.0658. The normalized spacial score (nSPS) is 17.5. The van der Waals surface area contributed by atoms with Gasteiger partial charge in [-0.05, 0) is 48.6 Å². The molecule has 0 spiro atoms. The summed E-state index contributed by atoms with van der Waals surface area (Å²) in [4.78, 5) is 14.2. The maximum Gasteiger partial charge on any atom is 0.317 e. The average Bonchev–Trinajstić information content (AvgIpc) is 2.57. The van der Waals surface area contributed by atoms with Gasteiger partial charge in [-0.1, -0.05) is 38.1 Å². The minimum Gasteiger partial charge on any atom is -0.396 e. The van der Waals surface area contributed by atoms with Crippen molar-refractivity contribution < 1.29 is 9.90 Å². The fraction of sp³-hybridized carbons (Fsp3) is 0.632. The third-order valence-corrected chi connectivity index (χ3v) is 4.92. The molecule has 0 saturated heterocycles. The molecule has 0 fully saturated rings. The van der Waals surface area contributed by atoms with Gasteiger partial charge in [0.15, 0.2) is 0 Å². The van der Waals surface area contributed by atoms with Crippen LogP contribution in [0.15, 0.2) is 24.3 Å². The number of hydrogen-bond donors (Lipinski definition) is 2. The van der Waals surface area contributed by atoms with Crippen molar-refractivity contribution in [3.05, 3.63) is 35.4 Å². The second kappa shape index (κ2) is 7.82. The smallest absolute Gasteiger partial charge is 0.317 e. The number of hydrogen-bond acceptors (Lipinski definition) is 2. The van der Waals surface area contributed by atoms with Crippen LogP contribution in [-0.4, -0.2) is 42.3 Å². The first-order valence-corrected chi connectivity index (χ1v) is 8.61. The Bertz CT molecular complexity index is 528. The average molecular weight is 318 g/mol. The molecule has 128 valence electrons. The van der Waals surface area contributed by atoms with Crippen LogP contribution in [-0.2, 0) is 12.8 Å². The Kier molecular flexibility index (Phi) is 6.05. The fourth-order valence-electron chi connectivity index (χ4n) is 3.14. The third kappa shape index (κ3) is 4.96. The number of nitrogens with one attached hydrogen (secondary N) is 1. The summed E-state index contributed by atoms with van der Waals surface area (Å²) in [5, 5.41) is 12.3.